The number of aromatic carboxylic acids is 1. The van der Waals surface area contributed by atoms with E-state index in [1.54, 1.807) is 18.6 Å². The van der Waals surface area contributed by atoms with Crippen molar-refractivity contribution in [2.75, 3.05) is 4.31 Å². The minimum atomic E-state index is -4.08. The van der Waals surface area contributed by atoms with E-state index < -0.39 is 16.0 Å². The topological polar surface area (TPSA) is 100 Å². The molecule has 0 aliphatic heterocycles. The van der Waals surface area contributed by atoms with Crippen molar-refractivity contribution in [3.8, 4) is 11.1 Å². The monoisotopic (exact) mass is 509 g/mol. The summed E-state index contributed by atoms with van der Waals surface area (Å²) in [6.07, 6.45) is 5.15. The number of carboxylic acid groups (broad SMARTS) is 1. The van der Waals surface area contributed by atoms with Gasteiger partial charge in [-0.1, -0.05) is 54.6 Å². The van der Waals surface area contributed by atoms with Crippen molar-refractivity contribution in [1.82, 2.24) is 9.97 Å². The van der Waals surface area contributed by atoms with E-state index in [1.807, 2.05) is 67.6 Å². The molecule has 0 unspecified atom stereocenters. The van der Waals surface area contributed by atoms with Crippen LogP contribution in [-0.2, 0) is 16.6 Å². The average Bonchev–Trinajstić information content (AvgIpc) is 2.93. The number of carbonyl (C=O) groups is 1. The fraction of sp³-hybridized carbons (Fsp3) is 0.0690. The van der Waals surface area contributed by atoms with Crippen molar-refractivity contribution in [2.24, 2.45) is 0 Å². The summed E-state index contributed by atoms with van der Waals surface area (Å²) in [5.41, 5.74) is 3.44. The summed E-state index contributed by atoms with van der Waals surface area (Å²) in [7, 11) is -4.08. The molecule has 7 nitrogen and oxygen atoms in total. The van der Waals surface area contributed by atoms with Crippen LogP contribution >= 0.6 is 0 Å². The van der Waals surface area contributed by atoms with Crippen LogP contribution in [-0.4, -0.2) is 29.5 Å². The first-order valence-corrected chi connectivity index (χ1v) is 13.0. The molecule has 0 bridgehead atoms. The lowest BCUT2D eigenvalue weighted by Crippen LogP contribution is -2.32. The molecule has 3 aromatic carbocycles. The van der Waals surface area contributed by atoms with E-state index in [0.29, 0.717) is 5.82 Å². The summed E-state index contributed by atoms with van der Waals surface area (Å²) in [5.74, 6) is -0.807. The first kappa shape index (κ1) is 24.1. The van der Waals surface area contributed by atoms with E-state index in [-0.39, 0.29) is 17.0 Å². The Morgan fingerprint density at radius 3 is 2.27 bits per heavy atom. The van der Waals surface area contributed by atoms with Crippen LogP contribution in [0, 0.1) is 6.92 Å². The molecule has 2 heterocycles. The normalized spacial score (nSPS) is 11.4. The van der Waals surface area contributed by atoms with Gasteiger partial charge in [0, 0.05) is 29.5 Å². The molecule has 0 radical (unpaired) electrons. The quantitative estimate of drug-likeness (QED) is 0.302. The molecule has 0 aliphatic carbocycles. The van der Waals surface area contributed by atoms with Gasteiger partial charge in [-0.15, -0.1) is 0 Å². The van der Waals surface area contributed by atoms with Crippen LogP contribution in [0.15, 0.2) is 108 Å². The van der Waals surface area contributed by atoms with Crippen LogP contribution in [0.3, 0.4) is 0 Å². The lowest BCUT2D eigenvalue weighted by molar-refractivity contribution is 0.0696. The number of hydrogen-bond acceptors (Lipinski definition) is 5. The molecule has 5 aromatic rings. The van der Waals surface area contributed by atoms with Gasteiger partial charge in [-0.05, 0) is 59.3 Å². The second-order valence-electron chi connectivity index (χ2n) is 8.57. The Morgan fingerprint density at radius 2 is 1.59 bits per heavy atom. The minimum Gasteiger partial charge on any atom is -0.478 e. The summed E-state index contributed by atoms with van der Waals surface area (Å²) in [4.78, 5) is 20.0. The van der Waals surface area contributed by atoms with Crippen LogP contribution in [0.1, 0.15) is 21.5 Å². The number of hydrogen-bond donors (Lipinski definition) is 1. The van der Waals surface area contributed by atoms with Crippen LogP contribution in [0.4, 0.5) is 5.82 Å². The van der Waals surface area contributed by atoms with E-state index in [4.69, 9.17) is 0 Å². The summed E-state index contributed by atoms with van der Waals surface area (Å²) < 4.78 is 29.1. The largest absolute Gasteiger partial charge is 0.478 e. The van der Waals surface area contributed by atoms with E-state index in [9.17, 15) is 18.3 Å². The summed E-state index contributed by atoms with van der Waals surface area (Å²) in [6, 6.07) is 24.3. The highest BCUT2D eigenvalue weighted by Crippen LogP contribution is 2.31. The van der Waals surface area contributed by atoms with Crippen LogP contribution in [0.25, 0.3) is 21.9 Å². The Bertz CT molecular complexity index is 1690. The maximum Gasteiger partial charge on any atom is 0.335 e. The maximum absolute atomic E-state index is 13.9. The number of carboxylic acids is 1. The highest BCUT2D eigenvalue weighted by molar-refractivity contribution is 7.92. The second-order valence-corrected chi connectivity index (χ2v) is 10.4. The summed E-state index contributed by atoms with van der Waals surface area (Å²) >= 11 is 0. The molecule has 0 saturated heterocycles. The zero-order valence-corrected chi connectivity index (χ0v) is 20.8. The van der Waals surface area contributed by atoms with Crippen LogP contribution < -0.4 is 4.31 Å². The number of pyridine rings is 2. The van der Waals surface area contributed by atoms with Gasteiger partial charge in [0.05, 0.1) is 17.0 Å². The van der Waals surface area contributed by atoms with Gasteiger partial charge in [0.25, 0.3) is 10.0 Å². The highest BCUT2D eigenvalue weighted by Gasteiger charge is 2.28. The fourth-order valence-electron chi connectivity index (χ4n) is 4.22. The van der Waals surface area contributed by atoms with Gasteiger partial charge >= 0.3 is 5.97 Å². The number of rotatable bonds is 7. The van der Waals surface area contributed by atoms with Gasteiger partial charge in [0.2, 0.25) is 0 Å². The first-order chi connectivity index (χ1) is 17.8. The van der Waals surface area contributed by atoms with E-state index in [1.165, 1.54) is 28.6 Å². The predicted octanol–water partition coefficient (Wildman–Crippen LogP) is 5.70. The molecular formula is C29H23N3O4S. The molecule has 1 N–H and O–H groups in total. The Morgan fingerprint density at radius 1 is 0.865 bits per heavy atom. The number of aromatic nitrogens is 2. The van der Waals surface area contributed by atoms with E-state index >= 15 is 0 Å². The second kappa shape index (κ2) is 9.83. The van der Waals surface area contributed by atoms with Crippen LogP contribution in [0.2, 0.25) is 0 Å². The molecule has 0 amide bonds. The van der Waals surface area contributed by atoms with Crippen molar-refractivity contribution >= 4 is 32.6 Å². The lowest BCUT2D eigenvalue weighted by atomic mass is 10.1. The molecule has 0 atom stereocenters. The van der Waals surface area contributed by atoms with Gasteiger partial charge in [-0.3, -0.25) is 4.98 Å². The maximum atomic E-state index is 13.9. The highest BCUT2D eigenvalue weighted by atomic mass is 32.2. The Balaban J connectivity index is 1.59. The minimum absolute atomic E-state index is 0.0106. The van der Waals surface area contributed by atoms with E-state index in [0.717, 1.165) is 33.0 Å². The number of sulfonamides is 1. The standard InChI is InChI=1S/C29H23N3O4S/c1-20-27-7-3-2-5-25(27)18-31-28(20)32(37(35,36)26-14-12-23(13-15-26)29(33)34)19-21-8-10-22(11-9-21)24-6-4-16-30-17-24/h2-18H,19H2,1H3,(H,33,34). The molecular weight excluding hydrogens is 486 g/mol. The zero-order valence-electron chi connectivity index (χ0n) is 19.9. The molecule has 5 rings (SSSR count). The number of aryl methyl sites for hydroxylation is 1. The molecule has 0 aliphatic rings. The molecule has 37 heavy (non-hydrogen) atoms. The van der Waals surface area contributed by atoms with Crippen molar-refractivity contribution in [3.63, 3.8) is 0 Å². The predicted molar refractivity (Wildman–Crippen MR) is 143 cm³/mol. The van der Waals surface area contributed by atoms with Crippen molar-refractivity contribution in [1.29, 1.82) is 0 Å². The van der Waals surface area contributed by atoms with Gasteiger partial charge in [-0.2, -0.15) is 0 Å². The Labute approximate surface area is 214 Å². The third kappa shape index (κ3) is 4.79. The van der Waals surface area contributed by atoms with Crippen molar-refractivity contribution in [2.45, 2.75) is 18.4 Å². The summed E-state index contributed by atoms with van der Waals surface area (Å²) in [5, 5.41) is 11.0. The molecule has 8 heteroatoms. The van der Waals surface area contributed by atoms with Gasteiger partial charge < -0.3 is 5.11 Å². The van der Waals surface area contributed by atoms with Gasteiger partial charge in [-0.25, -0.2) is 22.5 Å². The van der Waals surface area contributed by atoms with Gasteiger partial charge in [0.15, 0.2) is 0 Å². The third-order valence-corrected chi connectivity index (χ3v) is 7.98. The molecule has 184 valence electrons. The number of fused-ring (bicyclic) bond motifs is 1. The van der Waals surface area contributed by atoms with E-state index in [2.05, 4.69) is 9.97 Å². The number of anilines is 1. The smallest absolute Gasteiger partial charge is 0.335 e. The Kier molecular flexibility index (Phi) is 6.42. The van der Waals surface area contributed by atoms with Crippen LogP contribution in [0.5, 0.6) is 0 Å². The first-order valence-electron chi connectivity index (χ1n) is 11.5. The Hall–Kier alpha value is -4.56. The average molecular weight is 510 g/mol. The van der Waals surface area contributed by atoms with Crippen molar-refractivity contribution < 1.29 is 18.3 Å². The SMILES string of the molecule is Cc1c(N(Cc2ccc(-c3cccnc3)cc2)S(=O)(=O)c2ccc(C(=O)O)cc2)ncc2ccccc12. The summed E-state index contributed by atoms with van der Waals surface area (Å²) in [6.45, 7) is 1.90. The zero-order chi connectivity index (χ0) is 26.0. The molecule has 0 saturated carbocycles. The van der Waals surface area contributed by atoms with Crippen molar-refractivity contribution in [3.05, 3.63) is 120 Å². The molecule has 0 spiro atoms. The molecule has 2 aromatic heterocycles. The molecule has 0 fully saturated rings. The third-order valence-electron chi connectivity index (χ3n) is 6.23. The van der Waals surface area contributed by atoms with Gasteiger partial charge in [0.1, 0.15) is 5.82 Å². The fourth-order valence-corrected chi connectivity index (χ4v) is 5.69. The number of benzene rings is 3. The number of nitrogens with zero attached hydrogens (tertiary/aromatic N) is 3. The lowest BCUT2D eigenvalue weighted by Gasteiger charge is -2.26.